The second-order valence-electron chi connectivity index (χ2n) is 2.83. The molecular formula is C9H5ClF4O. The molecule has 0 radical (unpaired) electrons. The lowest BCUT2D eigenvalue weighted by atomic mass is 10.0. The van der Waals surface area contributed by atoms with Crippen LogP contribution in [0.25, 0.3) is 0 Å². The fraction of sp³-hybridized carbons (Fsp3) is 0.222. The van der Waals surface area contributed by atoms with E-state index >= 15 is 0 Å². The van der Waals surface area contributed by atoms with E-state index in [-0.39, 0.29) is 11.3 Å². The molecule has 0 aliphatic heterocycles. The molecule has 0 aliphatic rings. The van der Waals surface area contributed by atoms with Crippen molar-refractivity contribution < 1.29 is 22.4 Å². The first-order chi connectivity index (χ1) is 6.85. The number of carbonyl (C=O) groups excluding carboxylic acids is 1. The number of halogens is 5. The number of hydrogen-bond donors (Lipinski definition) is 0. The highest BCUT2D eigenvalue weighted by Crippen LogP contribution is 2.29. The predicted molar refractivity (Wildman–Crippen MR) is 46.6 cm³/mol. The highest BCUT2D eigenvalue weighted by Gasteiger charge is 2.30. The van der Waals surface area contributed by atoms with Crippen LogP contribution < -0.4 is 0 Å². The molecule has 1 aromatic rings. The van der Waals surface area contributed by atoms with Crippen molar-refractivity contribution in [1.29, 1.82) is 0 Å². The summed E-state index contributed by atoms with van der Waals surface area (Å²) in [6.07, 6.45) is -5.92. The predicted octanol–water partition coefficient (Wildman–Crippen LogP) is 3.40. The van der Waals surface area contributed by atoms with Crippen LogP contribution in [0.4, 0.5) is 17.6 Å². The van der Waals surface area contributed by atoms with Gasteiger partial charge in [0.05, 0.1) is 12.0 Å². The van der Waals surface area contributed by atoms with Gasteiger partial charge >= 0.3 is 6.18 Å². The first-order valence-electron chi connectivity index (χ1n) is 3.84. The van der Waals surface area contributed by atoms with E-state index in [1.165, 1.54) is 0 Å². The van der Waals surface area contributed by atoms with E-state index in [9.17, 15) is 22.4 Å². The lowest BCUT2D eigenvalue weighted by Crippen LogP contribution is -2.14. The number of rotatable bonds is 2. The number of benzene rings is 1. The standard InChI is InChI=1S/C9H5ClF4O/c10-7-1-2-8(11)6(4-15)5(7)3-9(12,13)14/h1-2,4H,3H2. The van der Waals surface area contributed by atoms with Gasteiger partial charge in [-0.05, 0) is 17.7 Å². The topological polar surface area (TPSA) is 17.1 Å². The van der Waals surface area contributed by atoms with Crippen molar-refractivity contribution in [1.82, 2.24) is 0 Å². The molecule has 0 fully saturated rings. The maximum atomic E-state index is 12.9. The Labute approximate surface area is 87.7 Å². The number of aldehydes is 1. The van der Waals surface area contributed by atoms with Gasteiger partial charge in [-0.25, -0.2) is 4.39 Å². The minimum Gasteiger partial charge on any atom is -0.298 e. The fourth-order valence-corrected chi connectivity index (χ4v) is 1.35. The molecule has 0 atom stereocenters. The minimum atomic E-state index is -4.53. The zero-order valence-corrected chi connectivity index (χ0v) is 7.99. The summed E-state index contributed by atoms with van der Waals surface area (Å²) >= 11 is 5.46. The summed E-state index contributed by atoms with van der Waals surface area (Å²) in [6.45, 7) is 0. The summed E-state index contributed by atoms with van der Waals surface area (Å²) in [6, 6.07) is 1.84. The zero-order valence-electron chi connectivity index (χ0n) is 7.24. The second kappa shape index (κ2) is 4.18. The van der Waals surface area contributed by atoms with Crippen molar-refractivity contribution in [2.75, 3.05) is 0 Å². The van der Waals surface area contributed by atoms with E-state index in [0.717, 1.165) is 12.1 Å². The first-order valence-corrected chi connectivity index (χ1v) is 4.22. The maximum Gasteiger partial charge on any atom is 0.393 e. The Kier molecular flexibility index (Phi) is 3.34. The monoisotopic (exact) mass is 240 g/mol. The Bertz CT molecular complexity index is 386. The number of alkyl halides is 3. The average Bonchev–Trinajstić information content (AvgIpc) is 2.10. The third kappa shape index (κ3) is 2.92. The Morgan fingerprint density at radius 3 is 2.40 bits per heavy atom. The van der Waals surface area contributed by atoms with Crippen LogP contribution >= 0.6 is 11.6 Å². The van der Waals surface area contributed by atoms with Crippen molar-refractivity contribution in [3.8, 4) is 0 Å². The Morgan fingerprint density at radius 2 is 1.93 bits per heavy atom. The van der Waals surface area contributed by atoms with Crippen LogP contribution in [0.5, 0.6) is 0 Å². The van der Waals surface area contributed by atoms with Gasteiger partial charge in [0.25, 0.3) is 0 Å². The quantitative estimate of drug-likeness (QED) is 0.572. The van der Waals surface area contributed by atoms with Crippen molar-refractivity contribution in [2.24, 2.45) is 0 Å². The maximum absolute atomic E-state index is 12.9. The zero-order chi connectivity index (χ0) is 11.6. The summed E-state index contributed by atoms with van der Waals surface area (Å²) in [5, 5.41) is -0.268. The molecule has 0 aliphatic carbocycles. The molecule has 0 amide bonds. The van der Waals surface area contributed by atoms with Crippen LogP contribution in [-0.2, 0) is 6.42 Å². The normalized spacial score (nSPS) is 11.5. The van der Waals surface area contributed by atoms with E-state index in [1.807, 2.05) is 0 Å². The summed E-state index contributed by atoms with van der Waals surface area (Å²) in [4.78, 5) is 10.4. The molecule has 15 heavy (non-hydrogen) atoms. The van der Waals surface area contributed by atoms with Gasteiger partial charge in [-0.3, -0.25) is 4.79 Å². The molecule has 0 unspecified atom stereocenters. The summed E-state index contributed by atoms with van der Waals surface area (Å²) in [5.41, 5.74) is -1.17. The SMILES string of the molecule is O=Cc1c(F)ccc(Cl)c1CC(F)(F)F. The van der Waals surface area contributed by atoms with Crippen molar-refractivity contribution in [2.45, 2.75) is 12.6 Å². The van der Waals surface area contributed by atoms with Gasteiger partial charge in [0.15, 0.2) is 6.29 Å². The Morgan fingerprint density at radius 1 is 1.33 bits per heavy atom. The number of hydrogen-bond acceptors (Lipinski definition) is 1. The average molecular weight is 241 g/mol. The summed E-state index contributed by atoms with van der Waals surface area (Å²) in [7, 11) is 0. The van der Waals surface area contributed by atoms with Crippen molar-refractivity contribution >= 4 is 17.9 Å². The summed E-state index contributed by atoms with van der Waals surface area (Å²) < 4.78 is 49.2. The second-order valence-corrected chi connectivity index (χ2v) is 3.24. The molecule has 0 aromatic heterocycles. The third-order valence-electron chi connectivity index (χ3n) is 1.74. The largest absolute Gasteiger partial charge is 0.393 e. The van der Waals surface area contributed by atoms with E-state index in [4.69, 9.17) is 11.6 Å². The van der Waals surface area contributed by atoms with Crippen LogP contribution in [0.2, 0.25) is 5.02 Å². The highest BCUT2D eigenvalue weighted by molar-refractivity contribution is 6.31. The number of carbonyl (C=O) groups is 1. The lowest BCUT2D eigenvalue weighted by molar-refractivity contribution is -0.127. The van der Waals surface area contributed by atoms with Gasteiger partial charge in [-0.2, -0.15) is 13.2 Å². The Balaban J connectivity index is 3.25. The molecule has 0 bridgehead atoms. The molecule has 0 spiro atoms. The van der Waals surface area contributed by atoms with Crippen LogP contribution in [0.1, 0.15) is 15.9 Å². The van der Waals surface area contributed by atoms with Crippen molar-refractivity contribution in [3.63, 3.8) is 0 Å². The molecule has 0 saturated heterocycles. The van der Waals surface area contributed by atoms with E-state index in [1.54, 1.807) is 0 Å². The van der Waals surface area contributed by atoms with E-state index in [2.05, 4.69) is 0 Å². The highest BCUT2D eigenvalue weighted by atomic mass is 35.5. The van der Waals surface area contributed by atoms with Gasteiger partial charge in [-0.1, -0.05) is 11.6 Å². The van der Waals surface area contributed by atoms with E-state index < -0.39 is 29.5 Å². The van der Waals surface area contributed by atoms with Gasteiger partial charge in [-0.15, -0.1) is 0 Å². The smallest absolute Gasteiger partial charge is 0.298 e. The molecule has 0 saturated carbocycles. The third-order valence-corrected chi connectivity index (χ3v) is 2.10. The molecule has 1 nitrogen and oxygen atoms in total. The molecule has 1 rings (SSSR count). The van der Waals surface area contributed by atoms with Crippen LogP contribution in [0.3, 0.4) is 0 Å². The van der Waals surface area contributed by atoms with Gasteiger partial charge in [0.1, 0.15) is 5.82 Å². The molecule has 6 heteroatoms. The fourth-order valence-electron chi connectivity index (χ4n) is 1.12. The molecule has 0 heterocycles. The molecular weight excluding hydrogens is 236 g/mol. The molecule has 82 valence electrons. The molecule has 1 aromatic carbocycles. The van der Waals surface area contributed by atoms with Crippen LogP contribution in [0, 0.1) is 5.82 Å². The van der Waals surface area contributed by atoms with Crippen LogP contribution in [-0.4, -0.2) is 12.5 Å². The summed E-state index contributed by atoms with van der Waals surface area (Å²) in [5.74, 6) is -1.01. The molecule has 0 N–H and O–H groups in total. The Hall–Kier alpha value is -1.10. The van der Waals surface area contributed by atoms with Gasteiger partial charge in [0, 0.05) is 5.02 Å². The lowest BCUT2D eigenvalue weighted by Gasteiger charge is -2.10. The van der Waals surface area contributed by atoms with E-state index in [0.29, 0.717) is 0 Å². The minimum absolute atomic E-state index is 0.0300. The van der Waals surface area contributed by atoms with Gasteiger partial charge < -0.3 is 0 Å². The van der Waals surface area contributed by atoms with Gasteiger partial charge in [0.2, 0.25) is 0 Å². The van der Waals surface area contributed by atoms with Crippen molar-refractivity contribution in [3.05, 3.63) is 34.1 Å². The first kappa shape index (κ1) is 12.0. The van der Waals surface area contributed by atoms with Crippen LogP contribution in [0.15, 0.2) is 12.1 Å².